The second-order valence-electron chi connectivity index (χ2n) is 24.9. The van der Waals surface area contributed by atoms with Gasteiger partial charge in [-0.1, -0.05) is 259 Å². The maximum Gasteiger partial charge on any atom is 0.217 e. The summed E-state index contributed by atoms with van der Waals surface area (Å²) >= 11 is 0. The lowest BCUT2D eigenvalue weighted by atomic mass is 9.19. The van der Waals surface area contributed by atoms with Gasteiger partial charge in [-0.2, -0.15) is 0 Å². The predicted octanol–water partition coefficient (Wildman–Crippen LogP) is 15.6. The molecule has 0 fully saturated rings. The highest BCUT2D eigenvalue weighted by molar-refractivity contribution is 6.88. The first-order valence-electron chi connectivity index (χ1n) is 27.8. The zero-order valence-corrected chi connectivity index (χ0v) is 45.5. The van der Waals surface area contributed by atoms with Crippen molar-refractivity contribution in [3.63, 3.8) is 0 Å². The van der Waals surface area contributed by atoms with Crippen LogP contribution in [0.25, 0.3) is 0 Å². The average Bonchev–Trinajstić information content (AvgIpc) is 3.54. The smallest absolute Gasteiger partial charge is 0.217 e. The van der Waals surface area contributed by atoms with Gasteiger partial charge in [0.05, 0.1) is 11.4 Å². The fourth-order valence-electron chi connectivity index (χ4n) is 14.7. The molecule has 2 aliphatic carbocycles. The molecule has 5 unspecified atom stereocenters. The monoisotopic (exact) mass is 983 g/mol. The summed E-state index contributed by atoms with van der Waals surface area (Å²) in [5.74, 6) is 0.914. The first kappa shape index (κ1) is 48.1. The summed E-state index contributed by atoms with van der Waals surface area (Å²) in [6.07, 6.45) is 19.6. The molecule has 0 saturated carbocycles. The second kappa shape index (κ2) is 18.1. The fourth-order valence-corrected chi connectivity index (χ4v) is 14.7. The van der Waals surface area contributed by atoms with Crippen LogP contribution >= 0.6 is 0 Å². The van der Waals surface area contributed by atoms with Gasteiger partial charge in [0.25, 0.3) is 0 Å². The third-order valence-corrected chi connectivity index (χ3v) is 18.3. The second-order valence-corrected chi connectivity index (χ2v) is 24.9. The highest BCUT2D eigenvalue weighted by Crippen LogP contribution is 2.61. The third-order valence-electron chi connectivity index (χ3n) is 18.3. The fraction of sp³-hybridized carbons (Fsp3) is 0.222. The van der Waals surface area contributed by atoms with E-state index < -0.39 is 0 Å². The van der Waals surface area contributed by atoms with Gasteiger partial charge in [-0.3, -0.25) is 0 Å². The van der Waals surface area contributed by atoms with Crippen molar-refractivity contribution in [3.05, 3.63) is 276 Å². The number of benzene rings is 8. The summed E-state index contributed by atoms with van der Waals surface area (Å²) < 4.78 is 0. The minimum Gasteiger partial charge on any atom is -0.311 e. The number of anilines is 6. The van der Waals surface area contributed by atoms with Crippen molar-refractivity contribution in [2.75, 3.05) is 9.80 Å². The maximum atomic E-state index is 2.58. The predicted molar refractivity (Wildman–Crippen MR) is 327 cm³/mol. The van der Waals surface area contributed by atoms with Crippen LogP contribution in [0, 0.1) is 11.8 Å². The molecule has 3 aliphatic heterocycles. The van der Waals surface area contributed by atoms with Crippen LogP contribution in [-0.2, 0) is 21.7 Å². The molecule has 5 atom stereocenters. The molecule has 3 heterocycles. The molecule has 0 N–H and O–H groups in total. The zero-order chi connectivity index (χ0) is 52.1. The van der Waals surface area contributed by atoms with E-state index in [-0.39, 0.29) is 58.6 Å². The van der Waals surface area contributed by atoms with E-state index in [1.165, 1.54) is 72.3 Å². The molecule has 1 spiro atoms. The van der Waals surface area contributed by atoms with Gasteiger partial charge in [0.2, 0.25) is 13.4 Å². The molecule has 13 rings (SSSR count). The summed E-state index contributed by atoms with van der Waals surface area (Å²) in [5, 5.41) is 0. The molecule has 0 saturated heterocycles. The molecule has 8 aromatic rings. The molecule has 0 aromatic heterocycles. The Balaban J connectivity index is 0.908. The SMILES string of the molecule is CC(C)(C)c1ccc(N(c2ccc(B3c4ccccc4C4(c5ccccc5B(c5ccc(N6c7ccccc7C(C)(C)c7ccccc76)cc5)C5C=CC=CC54)C4C=CC=CC34)cc2)c2ccc(C(C)(C)C)cc2)cc1. The first-order chi connectivity index (χ1) is 36.7. The third kappa shape index (κ3) is 7.53. The standard InChI is InChI=1S/C72H68B2N2/c1-69(2,3)49-33-41-53(42-34-49)75(54-43-35-50(36-44-54)70(4,5)6)55-45-37-51(38-46-55)73-63-27-15-9-21-57(63)72(58-22-10-16-28-64(58)73)59-23-11-17-29-65(59)74(66-30-18-12-24-60(66)72)52-39-47-56(48-40-52)76-67-31-19-13-25-61(67)71(7,8)62-26-14-20-32-68(62)76/h9-48,57,59,63,65H,1-8H3. The van der Waals surface area contributed by atoms with Crippen LogP contribution in [0.1, 0.15) is 88.8 Å². The zero-order valence-electron chi connectivity index (χ0n) is 45.5. The van der Waals surface area contributed by atoms with Crippen molar-refractivity contribution in [2.24, 2.45) is 11.8 Å². The molecule has 2 nitrogen and oxygen atoms in total. The van der Waals surface area contributed by atoms with Crippen molar-refractivity contribution in [3.8, 4) is 0 Å². The van der Waals surface area contributed by atoms with Gasteiger partial charge in [0, 0.05) is 33.6 Å². The van der Waals surface area contributed by atoms with E-state index in [4.69, 9.17) is 0 Å². The van der Waals surface area contributed by atoms with Gasteiger partial charge in [-0.15, -0.1) is 0 Å². The lowest BCUT2D eigenvalue weighted by molar-refractivity contribution is 0.281. The molecule has 4 heteroatoms. The van der Waals surface area contributed by atoms with Gasteiger partial charge in [-0.25, -0.2) is 0 Å². The summed E-state index contributed by atoms with van der Waals surface area (Å²) in [7, 11) is 0. The molecule has 0 amide bonds. The normalized spacial score (nSPS) is 21.6. The van der Waals surface area contributed by atoms with Gasteiger partial charge in [0.1, 0.15) is 0 Å². The summed E-state index contributed by atoms with van der Waals surface area (Å²) in [5.41, 5.74) is 20.8. The molecule has 0 bridgehead atoms. The summed E-state index contributed by atoms with van der Waals surface area (Å²) in [4.78, 5) is 4.91. The number of hydrogen-bond donors (Lipinski definition) is 0. The van der Waals surface area contributed by atoms with Crippen LogP contribution in [0.4, 0.5) is 34.1 Å². The van der Waals surface area contributed by atoms with E-state index in [0.717, 1.165) is 17.1 Å². The lowest BCUT2D eigenvalue weighted by Gasteiger charge is -2.59. The first-order valence-corrected chi connectivity index (χ1v) is 27.8. The van der Waals surface area contributed by atoms with Crippen LogP contribution in [0.5, 0.6) is 0 Å². The molecular formula is C72H68B2N2. The topological polar surface area (TPSA) is 6.48 Å². The molecule has 8 aromatic carbocycles. The minimum absolute atomic E-state index is 0.0707. The van der Waals surface area contributed by atoms with Gasteiger partial charge in [0.15, 0.2) is 0 Å². The number of hydrogen-bond acceptors (Lipinski definition) is 2. The molecule has 0 radical (unpaired) electrons. The Kier molecular flexibility index (Phi) is 11.4. The van der Waals surface area contributed by atoms with E-state index in [9.17, 15) is 0 Å². The van der Waals surface area contributed by atoms with Crippen molar-refractivity contribution in [1.29, 1.82) is 0 Å². The van der Waals surface area contributed by atoms with Gasteiger partial charge in [-0.05, 0) is 128 Å². The number of rotatable bonds is 6. The van der Waals surface area contributed by atoms with Crippen LogP contribution in [0.2, 0.25) is 11.6 Å². The van der Waals surface area contributed by atoms with E-state index in [1.54, 1.807) is 0 Å². The van der Waals surface area contributed by atoms with E-state index in [0.29, 0.717) is 0 Å². The van der Waals surface area contributed by atoms with Crippen molar-refractivity contribution >= 4 is 69.4 Å². The van der Waals surface area contributed by atoms with E-state index in [1.807, 2.05) is 0 Å². The largest absolute Gasteiger partial charge is 0.311 e. The summed E-state index contributed by atoms with van der Waals surface area (Å²) in [6.45, 7) is 18.8. The number of para-hydroxylation sites is 2. The van der Waals surface area contributed by atoms with Crippen molar-refractivity contribution in [1.82, 2.24) is 0 Å². The Bertz CT molecular complexity index is 3520. The number of nitrogens with zero attached hydrogens (tertiary/aromatic N) is 2. The highest BCUT2D eigenvalue weighted by atomic mass is 15.2. The Hall–Kier alpha value is -7.55. The van der Waals surface area contributed by atoms with Gasteiger partial charge >= 0.3 is 0 Å². The highest BCUT2D eigenvalue weighted by Gasteiger charge is 2.61. The quantitative estimate of drug-likeness (QED) is 0.153. The Morgan fingerprint density at radius 2 is 0.750 bits per heavy atom. The number of allylic oxidation sites excluding steroid dienone is 8. The average molecular weight is 983 g/mol. The molecular weight excluding hydrogens is 914 g/mol. The Morgan fingerprint density at radius 1 is 0.395 bits per heavy atom. The molecule has 5 aliphatic rings. The molecule has 372 valence electrons. The van der Waals surface area contributed by atoms with Crippen molar-refractivity contribution in [2.45, 2.75) is 88.7 Å². The molecule has 76 heavy (non-hydrogen) atoms. The summed E-state index contributed by atoms with van der Waals surface area (Å²) in [6, 6.07) is 74.7. The Labute approximate surface area is 453 Å². The van der Waals surface area contributed by atoms with E-state index in [2.05, 4.69) is 308 Å². The Morgan fingerprint density at radius 3 is 1.17 bits per heavy atom. The maximum absolute atomic E-state index is 2.58. The van der Waals surface area contributed by atoms with Crippen molar-refractivity contribution < 1.29 is 0 Å². The van der Waals surface area contributed by atoms with Gasteiger partial charge < -0.3 is 9.80 Å². The van der Waals surface area contributed by atoms with Crippen LogP contribution < -0.4 is 31.7 Å². The van der Waals surface area contributed by atoms with E-state index >= 15 is 0 Å². The van der Waals surface area contributed by atoms with Crippen LogP contribution in [0.15, 0.2) is 243 Å². The number of fused-ring (bicyclic) bond motifs is 10. The minimum atomic E-state index is -0.304. The lowest BCUT2D eigenvalue weighted by Crippen LogP contribution is -2.67. The van der Waals surface area contributed by atoms with Crippen LogP contribution in [-0.4, -0.2) is 13.4 Å². The van der Waals surface area contributed by atoms with Crippen LogP contribution in [0.3, 0.4) is 0 Å².